The zero-order valence-corrected chi connectivity index (χ0v) is 25.0. The van der Waals surface area contributed by atoms with Crippen LogP contribution in [-0.2, 0) is 14.3 Å². The maximum atomic E-state index is 12.5. The molecule has 0 aromatic heterocycles. The second-order valence-corrected chi connectivity index (χ2v) is 16.0. The van der Waals surface area contributed by atoms with E-state index in [-0.39, 0.29) is 57.5 Å². The number of rotatable bonds is 3. The summed E-state index contributed by atoms with van der Waals surface area (Å²) in [5.74, 6) is 1.36. The summed E-state index contributed by atoms with van der Waals surface area (Å²) in [5.41, 5.74) is -1.00. The van der Waals surface area contributed by atoms with Crippen LogP contribution in [0.15, 0.2) is 0 Å². The minimum atomic E-state index is -0.838. The van der Waals surface area contributed by atoms with Crippen LogP contribution < -0.4 is 0 Å². The highest BCUT2D eigenvalue weighted by Gasteiger charge is 2.72. The van der Waals surface area contributed by atoms with Crippen molar-refractivity contribution in [3.63, 3.8) is 0 Å². The highest BCUT2D eigenvalue weighted by atomic mass is 16.5. The Kier molecular flexibility index (Phi) is 6.35. The predicted octanol–water partition coefficient (Wildman–Crippen LogP) is 6.28. The third-order valence-electron chi connectivity index (χ3n) is 13.5. The Morgan fingerprint density at radius 1 is 0.892 bits per heavy atom. The van der Waals surface area contributed by atoms with Gasteiger partial charge < -0.3 is 19.7 Å². The van der Waals surface area contributed by atoms with E-state index in [2.05, 4.69) is 41.5 Å². The maximum absolute atomic E-state index is 12.5. The summed E-state index contributed by atoms with van der Waals surface area (Å²) in [4.78, 5) is 12.5. The second-order valence-electron chi connectivity index (χ2n) is 16.0. The van der Waals surface area contributed by atoms with E-state index in [9.17, 15) is 15.0 Å². The Labute approximate surface area is 225 Å². The molecule has 5 aliphatic rings. The molecule has 4 saturated carbocycles. The van der Waals surface area contributed by atoms with Crippen molar-refractivity contribution in [3.05, 3.63) is 0 Å². The molecule has 0 amide bonds. The van der Waals surface area contributed by atoms with Gasteiger partial charge in [-0.1, -0.05) is 34.6 Å². The lowest BCUT2D eigenvalue weighted by molar-refractivity contribution is -0.261. The van der Waals surface area contributed by atoms with Gasteiger partial charge in [-0.3, -0.25) is 4.79 Å². The van der Waals surface area contributed by atoms with Gasteiger partial charge in [-0.15, -0.1) is 0 Å². The van der Waals surface area contributed by atoms with Crippen molar-refractivity contribution in [1.29, 1.82) is 0 Å². The lowest BCUT2D eigenvalue weighted by Gasteiger charge is -2.71. The topological polar surface area (TPSA) is 76.0 Å². The van der Waals surface area contributed by atoms with Crippen molar-refractivity contribution in [2.45, 2.75) is 150 Å². The Morgan fingerprint density at radius 2 is 1.54 bits per heavy atom. The smallest absolute Gasteiger partial charge is 0.302 e. The largest absolute Gasteiger partial charge is 0.462 e. The zero-order valence-electron chi connectivity index (χ0n) is 25.0. The highest BCUT2D eigenvalue weighted by Crippen LogP contribution is 2.76. The SMILES string of the molecule is CC(=O)OC1CC2[C@@H](C3(C)CC[C@@H](C(C)(C)O)O3)CC[C@@]2(C)[C@]2(C)CCC3C(C)(C)[C@@H](O)CC[C@]3(C)C12. The molecule has 5 fully saturated rings. The minimum Gasteiger partial charge on any atom is -0.462 e. The summed E-state index contributed by atoms with van der Waals surface area (Å²) < 4.78 is 13.1. The van der Waals surface area contributed by atoms with Gasteiger partial charge in [0.05, 0.1) is 23.4 Å². The van der Waals surface area contributed by atoms with Crippen LogP contribution in [0.1, 0.15) is 120 Å². The van der Waals surface area contributed by atoms with Gasteiger partial charge in [0.2, 0.25) is 0 Å². The van der Waals surface area contributed by atoms with Crippen LogP contribution in [0.25, 0.3) is 0 Å². The molecule has 11 atom stereocenters. The van der Waals surface area contributed by atoms with Crippen molar-refractivity contribution in [1.82, 2.24) is 0 Å². The molecule has 5 unspecified atom stereocenters. The van der Waals surface area contributed by atoms with Gasteiger partial charge in [-0.2, -0.15) is 0 Å². The Balaban J connectivity index is 1.54. The molecule has 0 aromatic rings. The molecule has 212 valence electrons. The van der Waals surface area contributed by atoms with Gasteiger partial charge >= 0.3 is 5.97 Å². The summed E-state index contributed by atoms with van der Waals surface area (Å²) in [6, 6.07) is 0. The van der Waals surface area contributed by atoms with E-state index in [1.807, 2.05) is 13.8 Å². The van der Waals surface area contributed by atoms with Gasteiger partial charge in [0, 0.05) is 12.8 Å². The molecule has 0 aromatic carbocycles. The summed E-state index contributed by atoms with van der Waals surface area (Å²) in [5, 5.41) is 21.7. The van der Waals surface area contributed by atoms with E-state index in [1.54, 1.807) is 6.92 Å². The highest BCUT2D eigenvalue weighted by molar-refractivity contribution is 5.66. The number of carbonyl (C=O) groups excluding carboxylic acids is 1. The molecule has 5 rings (SSSR count). The third kappa shape index (κ3) is 3.83. The number of esters is 1. The van der Waals surface area contributed by atoms with Crippen molar-refractivity contribution in [2.75, 3.05) is 0 Å². The van der Waals surface area contributed by atoms with Gasteiger partial charge in [0.15, 0.2) is 0 Å². The van der Waals surface area contributed by atoms with E-state index < -0.39 is 5.60 Å². The molecule has 0 spiro atoms. The summed E-state index contributed by atoms with van der Waals surface area (Å²) >= 11 is 0. The summed E-state index contributed by atoms with van der Waals surface area (Å²) in [6.07, 6.45) is 8.65. The van der Waals surface area contributed by atoms with Gasteiger partial charge in [0.25, 0.3) is 0 Å². The summed E-state index contributed by atoms with van der Waals surface area (Å²) in [6.45, 7) is 19.7. The molecule has 5 nitrogen and oxygen atoms in total. The zero-order chi connectivity index (χ0) is 27.4. The number of fused-ring (bicyclic) bond motifs is 5. The lowest BCUT2D eigenvalue weighted by atomic mass is 9.35. The fourth-order valence-corrected chi connectivity index (χ4v) is 11.4. The van der Waals surface area contributed by atoms with Crippen LogP contribution >= 0.6 is 0 Å². The van der Waals surface area contributed by atoms with Crippen molar-refractivity contribution < 1.29 is 24.5 Å². The van der Waals surface area contributed by atoms with E-state index in [4.69, 9.17) is 9.47 Å². The normalized spacial score (nSPS) is 53.2. The Bertz CT molecular complexity index is 923. The third-order valence-corrected chi connectivity index (χ3v) is 13.5. The number of hydrogen-bond acceptors (Lipinski definition) is 5. The quantitative estimate of drug-likeness (QED) is 0.430. The van der Waals surface area contributed by atoms with E-state index in [0.29, 0.717) is 17.8 Å². The lowest BCUT2D eigenvalue weighted by Crippen LogP contribution is -2.68. The first-order valence-corrected chi connectivity index (χ1v) is 15.2. The first-order valence-electron chi connectivity index (χ1n) is 15.2. The standard InChI is InChI=1S/C32H54O5/c1-19(33)36-22-18-21-20(32(9)17-13-25(37-32)28(4,5)35)10-15-30(21,7)31(8)16-11-23-27(2,3)24(34)12-14-29(23,6)26(22)31/h20-26,34-35H,10-18H2,1-9H3/t20-,21?,22?,23?,24-,25-,26?,29-,30+,31+,32?/m0/s1. The van der Waals surface area contributed by atoms with Crippen LogP contribution in [0.5, 0.6) is 0 Å². The Hall–Kier alpha value is -0.650. The number of ether oxygens (including phenoxy) is 2. The maximum Gasteiger partial charge on any atom is 0.302 e. The molecule has 1 saturated heterocycles. The minimum absolute atomic E-state index is 0.0294. The van der Waals surface area contributed by atoms with Crippen LogP contribution in [0.2, 0.25) is 0 Å². The molecule has 1 heterocycles. The molecule has 0 bridgehead atoms. The molecule has 0 radical (unpaired) electrons. The van der Waals surface area contributed by atoms with Gasteiger partial charge in [0.1, 0.15) is 6.10 Å². The van der Waals surface area contributed by atoms with Crippen molar-refractivity contribution >= 4 is 5.97 Å². The van der Waals surface area contributed by atoms with E-state index in [0.717, 1.165) is 51.4 Å². The summed E-state index contributed by atoms with van der Waals surface area (Å²) in [7, 11) is 0. The Morgan fingerprint density at radius 3 is 2.14 bits per heavy atom. The molecule has 1 aliphatic heterocycles. The molecule has 2 N–H and O–H groups in total. The first kappa shape index (κ1) is 27.9. The molecular formula is C32H54O5. The molecule has 4 aliphatic carbocycles. The number of hydrogen-bond donors (Lipinski definition) is 2. The number of carbonyl (C=O) groups is 1. The van der Waals surface area contributed by atoms with Gasteiger partial charge in [-0.05, 0) is 118 Å². The monoisotopic (exact) mass is 518 g/mol. The average Bonchev–Trinajstić information content (AvgIpc) is 3.33. The predicted molar refractivity (Wildman–Crippen MR) is 145 cm³/mol. The van der Waals surface area contributed by atoms with Crippen LogP contribution in [0.4, 0.5) is 0 Å². The van der Waals surface area contributed by atoms with Gasteiger partial charge in [-0.25, -0.2) is 0 Å². The number of aliphatic hydroxyl groups is 2. The second kappa shape index (κ2) is 8.43. The average molecular weight is 519 g/mol. The van der Waals surface area contributed by atoms with E-state index >= 15 is 0 Å². The number of aliphatic hydroxyl groups excluding tert-OH is 1. The van der Waals surface area contributed by atoms with Crippen LogP contribution in [0.3, 0.4) is 0 Å². The van der Waals surface area contributed by atoms with Crippen molar-refractivity contribution in [3.8, 4) is 0 Å². The molecule has 37 heavy (non-hydrogen) atoms. The van der Waals surface area contributed by atoms with Crippen molar-refractivity contribution in [2.24, 2.45) is 45.3 Å². The fourth-order valence-electron chi connectivity index (χ4n) is 11.4. The van der Waals surface area contributed by atoms with Crippen LogP contribution in [0, 0.1) is 45.3 Å². The fraction of sp³-hybridized carbons (Fsp3) is 0.969. The van der Waals surface area contributed by atoms with Crippen LogP contribution in [-0.4, -0.2) is 45.7 Å². The van der Waals surface area contributed by atoms with E-state index in [1.165, 1.54) is 6.42 Å². The first-order chi connectivity index (χ1) is 16.9. The molecular weight excluding hydrogens is 464 g/mol. The molecule has 5 heteroatoms.